The minimum atomic E-state index is -0.861. The van der Waals surface area contributed by atoms with Crippen LogP contribution in [0.15, 0.2) is 0 Å². The van der Waals surface area contributed by atoms with Crippen LogP contribution in [0.1, 0.15) is 44.9 Å². The van der Waals surface area contributed by atoms with Crippen LogP contribution in [-0.2, 0) is 4.79 Å². The second-order valence-corrected chi connectivity index (χ2v) is 5.81. The molecule has 0 aromatic carbocycles. The fraction of sp³-hybridized carbons (Fsp3) is 0.846. The zero-order chi connectivity index (χ0) is 13.9. The average molecular weight is 289 g/mol. The Morgan fingerprint density at radius 3 is 2.37 bits per heavy atom. The van der Waals surface area contributed by atoms with E-state index in [4.69, 9.17) is 11.6 Å². The van der Waals surface area contributed by atoms with Crippen LogP contribution in [0, 0.1) is 0 Å². The number of alkyl halides is 1. The molecule has 0 bridgehead atoms. The normalized spacial score (nSPS) is 25.1. The van der Waals surface area contributed by atoms with Crippen LogP contribution in [0.25, 0.3) is 0 Å². The lowest BCUT2D eigenvalue weighted by molar-refractivity contribution is -0.132. The first-order valence-corrected chi connectivity index (χ1v) is 7.51. The summed E-state index contributed by atoms with van der Waals surface area (Å²) in [6.07, 6.45) is 5.86. The molecule has 1 saturated carbocycles. The standard InChI is InChI=1S/C13H21ClN2O3/c14-8-10(17)9-16-11(18)13(15-12(16)19)6-4-2-1-3-5-7-13/h10,17H,1-9H2,(H,15,19). The Morgan fingerprint density at radius 2 is 1.79 bits per heavy atom. The van der Waals surface area contributed by atoms with Gasteiger partial charge in [-0.15, -0.1) is 11.6 Å². The summed E-state index contributed by atoms with van der Waals surface area (Å²) in [6, 6.07) is -0.394. The van der Waals surface area contributed by atoms with Crippen molar-refractivity contribution in [2.45, 2.75) is 56.6 Å². The number of imide groups is 1. The van der Waals surface area contributed by atoms with Gasteiger partial charge in [0.2, 0.25) is 0 Å². The third kappa shape index (κ3) is 3.03. The van der Waals surface area contributed by atoms with E-state index < -0.39 is 17.7 Å². The fourth-order valence-corrected chi connectivity index (χ4v) is 3.05. The molecule has 1 saturated heterocycles. The number of halogens is 1. The minimum Gasteiger partial charge on any atom is -0.390 e. The maximum atomic E-state index is 12.5. The van der Waals surface area contributed by atoms with Gasteiger partial charge >= 0.3 is 6.03 Å². The van der Waals surface area contributed by atoms with Gasteiger partial charge in [0.25, 0.3) is 5.91 Å². The molecule has 6 heteroatoms. The van der Waals surface area contributed by atoms with Gasteiger partial charge in [0.05, 0.1) is 18.5 Å². The van der Waals surface area contributed by atoms with Crippen molar-refractivity contribution in [1.82, 2.24) is 10.2 Å². The van der Waals surface area contributed by atoms with Crippen molar-refractivity contribution in [2.24, 2.45) is 0 Å². The highest BCUT2D eigenvalue weighted by atomic mass is 35.5. The number of nitrogens with zero attached hydrogens (tertiary/aromatic N) is 1. The van der Waals surface area contributed by atoms with Crippen LogP contribution in [0.2, 0.25) is 0 Å². The van der Waals surface area contributed by atoms with Crippen LogP contribution in [0.4, 0.5) is 4.79 Å². The Kier molecular flexibility index (Phi) is 4.68. The summed E-state index contributed by atoms with van der Waals surface area (Å²) in [5.41, 5.74) is -0.733. The van der Waals surface area contributed by atoms with Gasteiger partial charge in [-0.3, -0.25) is 9.69 Å². The highest BCUT2D eigenvalue weighted by Gasteiger charge is 2.50. The Hall–Kier alpha value is -0.810. The van der Waals surface area contributed by atoms with E-state index in [2.05, 4.69) is 5.32 Å². The number of carbonyl (C=O) groups excluding carboxylic acids is 2. The third-order valence-electron chi connectivity index (χ3n) is 4.02. The lowest BCUT2D eigenvalue weighted by atomic mass is 9.84. The predicted octanol–water partition coefficient (Wildman–Crippen LogP) is 1.62. The summed E-state index contributed by atoms with van der Waals surface area (Å²) in [5, 5.41) is 12.4. The van der Waals surface area contributed by atoms with Crippen LogP contribution in [0.3, 0.4) is 0 Å². The molecule has 0 aromatic rings. The number of hydrogen-bond donors (Lipinski definition) is 2. The van der Waals surface area contributed by atoms with E-state index in [0.29, 0.717) is 12.8 Å². The topological polar surface area (TPSA) is 69.6 Å². The van der Waals surface area contributed by atoms with E-state index in [1.165, 1.54) is 6.42 Å². The largest absolute Gasteiger partial charge is 0.390 e. The Labute approximate surface area is 118 Å². The summed E-state index contributed by atoms with van der Waals surface area (Å²) >= 11 is 5.53. The second-order valence-electron chi connectivity index (χ2n) is 5.50. The monoisotopic (exact) mass is 288 g/mol. The minimum absolute atomic E-state index is 0.0179. The summed E-state index contributed by atoms with van der Waals surface area (Å²) in [4.78, 5) is 25.6. The van der Waals surface area contributed by atoms with Crippen LogP contribution in [-0.4, -0.2) is 46.0 Å². The number of rotatable bonds is 3. The Bertz CT molecular complexity index is 354. The zero-order valence-corrected chi connectivity index (χ0v) is 11.8. The van der Waals surface area contributed by atoms with Crippen molar-refractivity contribution < 1.29 is 14.7 Å². The Balaban J connectivity index is 2.10. The van der Waals surface area contributed by atoms with E-state index in [1.54, 1.807) is 0 Å². The van der Waals surface area contributed by atoms with Gasteiger partial charge < -0.3 is 10.4 Å². The quantitative estimate of drug-likeness (QED) is 0.612. The van der Waals surface area contributed by atoms with Crippen molar-refractivity contribution in [3.8, 4) is 0 Å². The van der Waals surface area contributed by atoms with Gasteiger partial charge in [-0.2, -0.15) is 0 Å². The molecular weight excluding hydrogens is 268 g/mol. The number of amides is 3. The molecule has 0 aromatic heterocycles. The summed E-state index contributed by atoms with van der Waals surface area (Å²) in [5.74, 6) is -0.173. The molecule has 2 N–H and O–H groups in total. The number of aliphatic hydroxyl groups is 1. The predicted molar refractivity (Wildman–Crippen MR) is 72.0 cm³/mol. The van der Waals surface area contributed by atoms with E-state index in [1.807, 2.05) is 0 Å². The second kappa shape index (κ2) is 6.09. The smallest absolute Gasteiger partial charge is 0.325 e. The van der Waals surface area contributed by atoms with E-state index in [0.717, 1.165) is 30.6 Å². The van der Waals surface area contributed by atoms with Gasteiger partial charge in [-0.25, -0.2) is 4.79 Å². The van der Waals surface area contributed by atoms with Crippen molar-refractivity contribution in [3.63, 3.8) is 0 Å². The molecule has 1 atom stereocenters. The SMILES string of the molecule is O=C1NC2(CCCCCCC2)C(=O)N1CC(O)CCl. The van der Waals surface area contributed by atoms with Crippen molar-refractivity contribution in [3.05, 3.63) is 0 Å². The molecule has 3 amide bonds. The maximum absolute atomic E-state index is 12.5. The summed E-state index contributed by atoms with van der Waals surface area (Å²) in [7, 11) is 0. The number of nitrogens with one attached hydrogen (secondary N) is 1. The molecule has 0 radical (unpaired) electrons. The van der Waals surface area contributed by atoms with Gasteiger partial charge in [0.15, 0.2) is 0 Å². The van der Waals surface area contributed by atoms with Gasteiger partial charge in [0, 0.05) is 0 Å². The highest BCUT2D eigenvalue weighted by molar-refractivity contribution is 6.18. The van der Waals surface area contributed by atoms with Gasteiger partial charge in [-0.05, 0) is 12.8 Å². The lowest BCUT2D eigenvalue weighted by Gasteiger charge is -2.28. The molecule has 2 rings (SSSR count). The first kappa shape index (κ1) is 14.6. The molecular formula is C13H21ClN2O3. The summed E-state index contributed by atoms with van der Waals surface area (Å²) < 4.78 is 0. The van der Waals surface area contributed by atoms with Crippen LogP contribution in [0.5, 0.6) is 0 Å². The molecule has 2 aliphatic rings. The average Bonchev–Trinajstić information content (AvgIpc) is 2.59. The number of hydrogen-bond acceptors (Lipinski definition) is 3. The number of urea groups is 1. The van der Waals surface area contributed by atoms with E-state index >= 15 is 0 Å². The number of carbonyl (C=O) groups is 2. The first-order chi connectivity index (χ1) is 9.09. The maximum Gasteiger partial charge on any atom is 0.325 e. The molecule has 1 spiro atoms. The molecule has 108 valence electrons. The molecule has 1 aliphatic heterocycles. The molecule has 19 heavy (non-hydrogen) atoms. The molecule has 1 aliphatic carbocycles. The van der Waals surface area contributed by atoms with E-state index in [-0.39, 0.29) is 18.3 Å². The molecule has 1 heterocycles. The van der Waals surface area contributed by atoms with Gasteiger partial charge in [0.1, 0.15) is 5.54 Å². The fourth-order valence-electron chi connectivity index (χ4n) is 2.95. The highest BCUT2D eigenvalue weighted by Crippen LogP contribution is 2.32. The van der Waals surface area contributed by atoms with Gasteiger partial charge in [-0.1, -0.05) is 32.1 Å². The van der Waals surface area contributed by atoms with Crippen molar-refractivity contribution >= 4 is 23.5 Å². The molecule has 1 unspecified atom stereocenters. The van der Waals surface area contributed by atoms with Crippen LogP contribution < -0.4 is 5.32 Å². The lowest BCUT2D eigenvalue weighted by Crippen LogP contribution is -2.47. The number of β-amino-alcohol motifs (C(OH)–C–C–N with tert-alkyl or cyclic N) is 1. The molecule has 2 fully saturated rings. The summed E-state index contributed by atoms with van der Waals surface area (Å²) in [6.45, 7) is -0.0179. The van der Waals surface area contributed by atoms with Crippen molar-refractivity contribution in [1.29, 1.82) is 0 Å². The van der Waals surface area contributed by atoms with E-state index in [9.17, 15) is 14.7 Å². The number of aliphatic hydroxyl groups excluding tert-OH is 1. The first-order valence-electron chi connectivity index (χ1n) is 6.97. The zero-order valence-electron chi connectivity index (χ0n) is 11.0. The Morgan fingerprint density at radius 1 is 1.21 bits per heavy atom. The van der Waals surface area contributed by atoms with Crippen LogP contribution >= 0.6 is 11.6 Å². The van der Waals surface area contributed by atoms with Crippen molar-refractivity contribution in [2.75, 3.05) is 12.4 Å². The third-order valence-corrected chi connectivity index (χ3v) is 4.38. The molecule has 5 nitrogen and oxygen atoms in total.